The molecule has 0 saturated carbocycles. The molecule has 1 fully saturated rings. The zero-order chi connectivity index (χ0) is 22.8. The molecule has 2 aliphatic rings. The lowest BCUT2D eigenvalue weighted by Crippen LogP contribution is -2.39. The molecule has 32 heavy (non-hydrogen) atoms. The number of rotatable bonds is 4. The number of amides is 1. The maximum atomic E-state index is 12.6. The largest absolute Gasteiger partial charge is 0.508 e. The van der Waals surface area contributed by atoms with Crippen molar-refractivity contribution in [3.05, 3.63) is 53.3 Å². The number of hydroxylamine groups is 1. The number of piperidine rings is 1. The van der Waals surface area contributed by atoms with Crippen molar-refractivity contribution in [3.8, 4) is 11.5 Å². The number of benzene rings is 1. The molecular weight excluding hydrogens is 412 g/mol. The van der Waals surface area contributed by atoms with Crippen LogP contribution in [0, 0.1) is 0 Å². The minimum Gasteiger partial charge on any atom is -0.508 e. The first-order valence-corrected chi connectivity index (χ1v) is 11.0. The molecule has 3 rings (SSSR count). The summed E-state index contributed by atoms with van der Waals surface area (Å²) < 4.78 is 5.27. The van der Waals surface area contributed by atoms with Crippen LogP contribution in [-0.4, -0.2) is 53.3 Å². The first-order chi connectivity index (χ1) is 15.5. The van der Waals surface area contributed by atoms with E-state index in [1.54, 1.807) is 17.1 Å². The van der Waals surface area contributed by atoms with Gasteiger partial charge in [0.1, 0.15) is 17.1 Å². The van der Waals surface area contributed by atoms with Crippen LogP contribution in [0.25, 0.3) is 6.08 Å². The van der Waals surface area contributed by atoms with Gasteiger partial charge in [-0.2, -0.15) is 0 Å². The smallest absolute Gasteiger partial charge is 0.342 e. The first kappa shape index (κ1) is 23.4. The third kappa shape index (κ3) is 6.88. The zero-order valence-electron chi connectivity index (χ0n) is 18.1. The van der Waals surface area contributed by atoms with Crippen LogP contribution in [0.4, 0.5) is 0 Å². The molecule has 1 amide bonds. The summed E-state index contributed by atoms with van der Waals surface area (Å²) in [5, 5.41) is 20.2. The predicted molar refractivity (Wildman–Crippen MR) is 120 cm³/mol. The Balaban J connectivity index is 1.80. The number of nitrogens with one attached hydrogen (secondary N) is 1. The highest BCUT2D eigenvalue weighted by Gasteiger charge is 2.19. The molecule has 0 spiro atoms. The number of hydrogen-bond donors (Lipinski definition) is 3. The van der Waals surface area contributed by atoms with Gasteiger partial charge < -0.3 is 19.8 Å². The van der Waals surface area contributed by atoms with Gasteiger partial charge in [0.05, 0.1) is 12.3 Å². The Labute approximate surface area is 187 Å². The van der Waals surface area contributed by atoms with Crippen LogP contribution >= 0.6 is 0 Å². The van der Waals surface area contributed by atoms with Crippen LogP contribution in [0.3, 0.4) is 0 Å². The normalized spacial score (nSPS) is 19.3. The molecule has 1 saturated heterocycles. The van der Waals surface area contributed by atoms with E-state index >= 15 is 0 Å². The lowest BCUT2D eigenvalue weighted by atomic mass is 10.0. The number of fused-ring (bicyclic) bond motifs is 1. The Hall–Kier alpha value is -3.26. The van der Waals surface area contributed by atoms with Gasteiger partial charge in [-0.15, -0.1) is 0 Å². The van der Waals surface area contributed by atoms with Crippen molar-refractivity contribution >= 4 is 18.0 Å². The molecule has 3 N–H and O–H groups in total. The Morgan fingerprint density at radius 3 is 2.62 bits per heavy atom. The first-order valence-electron chi connectivity index (χ1n) is 11.0. The second-order valence-electron chi connectivity index (χ2n) is 7.74. The summed E-state index contributed by atoms with van der Waals surface area (Å²) in [6.45, 7) is 1.54. The van der Waals surface area contributed by atoms with E-state index in [2.05, 4.69) is 5.48 Å². The van der Waals surface area contributed by atoms with E-state index in [4.69, 9.17) is 9.57 Å². The molecular formula is C24H30N2O6. The third-order valence-electron chi connectivity index (χ3n) is 5.22. The molecule has 172 valence electrons. The van der Waals surface area contributed by atoms with Crippen molar-refractivity contribution < 1.29 is 29.4 Å². The number of nitrogens with zero attached hydrogens (tertiary/aromatic N) is 1. The summed E-state index contributed by atoms with van der Waals surface area (Å²) >= 11 is 0. The van der Waals surface area contributed by atoms with Crippen molar-refractivity contribution in [3.63, 3.8) is 0 Å². The quantitative estimate of drug-likeness (QED) is 0.372. The van der Waals surface area contributed by atoms with Crippen LogP contribution in [0.15, 0.2) is 42.1 Å². The van der Waals surface area contributed by atoms with Crippen molar-refractivity contribution in [2.24, 2.45) is 0 Å². The number of likely N-dealkylation sites (tertiary alicyclic amines) is 1. The maximum absolute atomic E-state index is 12.6. The zero-order valence-corrected chi connectivity index (χ0v) is 18.1. The minimum atomic E-state index is -0.691. The average Bonchev–Trinajstić information content (AvgIpc) is 2.77. The number of esters is 1. The molecule has 0 unspecified atom stereocenters. The topological polar surface area (TPSA) is 108 Å². The second-order valence-corrected chi connectivity index (χ2v) is 7.74. The summed E-state index contributed by atoms with van der Waals surface area (Å²) in [5.41, 5.74) is 3.42. The Morgan fingerprint density at radius 2 is 1.81 bits per heavy atom. The van der Waals surface area contributed by atoms with E-state index in [1.165, 1.54) is 6.07 Å². The molecule has 0 atom stereocenters. The molecule has 0 aliphatic carbocycles. The number of phenolic OH excluding ortho intramolecular Hbond substituents is 2. The van der Waals surface area contributed by atoms with Gasteiger partial charge in [0.25, 0.3) is 5.91 Å². The van der Waals surface area contributed by atoms with E-state index < -0.39 is 5.97 Å². The van der Waals surface area contributed by atoms with Crippen LogP contribution in [0.1, 0.15) is 54.4 Å². The van der Waals surface area contributed by atoms with Crippen molar-refractivity contribution in [1.82, 2.24) is 10.4 Å². The van der Waals surface area contributed by atoms with Crippen molar-refractivity contribution in [2.45, 2.75) is 38.5 Å². The van der Waals surface area contributed by atoms with E-state index in [-0.39, 0.29) is 41.7 Å². The number of allylic oxidation sites excluding steroid dienone is 3. The van der Waals surface area contributed by atoms with Crippen molar-refractivity contribution in [1.29, 1.82) is 0 Å². The molecule has 1 aromatic rings. The fraction of sp³-hybridized carbons (Fsp3) is 0.417. The van der Waals surface area contributed by atoms with Crippen LogP contribution in [-0.2, 0) is 14.4 Å². The van der Waals surface area contributed by atoms with Gasteiger partial charge in [-0.25, -0.2) is 4.79 Å². The summed E-state index contributed by atoms with van der Waals surface area (Å²) in [4.78, 5) is 32.1. The van der Waals surface area contributed by atoms with Gasteiger partial charge >= 0.3 is 5.97 Å². The molecule has 0 radical (unpaired) electrons. The molecule has 8 nitrogen and oxygen atoms in total. The number of carbonyl (C=O) groups excluding carboxylic acids is 2. The van der Waals surface area contributed by atoms with Gasteiger partial charge in [-0.05, 0) is 62.3 Å². The minimum absolute atomic E-state index is 0.0547. The summed E-state index contributed by atoms with van der Waals surface area (Å²) in [6, 6.07) is 2.45. The number of phenols is 2. The SMILES string of the molecule is O=C1OCCC=CCCC=C/C(NOCC(=O)N2CCCCC2)=C/c2cc(O)cc(O)c21. The monoisotopic (exact) mass is 442 g/mol. The number of cyclic esters (lactones) is 1. The fourth-order valence-electron chi connectivity index (χ4n) is 3.59. The van der Waals surface area contributed by atoms with Gasteiger partial charge in [-0.3, -0.25) is 15.1 Å². The highest BCUT2D eigenvalue weighted by Crippen LogP contribution is 2.29. The lowest BCUT2D eigenvalue weighted by Gasteiger charge is -2.26. The Morgan fingerprint density at radius 1 is 1.06 bits per heavy atom. The summed E-state index contributed by atoms with van der Waals surface area (Å²) in [7, 11) is 0. The summed E-state index contributed by atoms with van der Waals surface area (Å²) in [6.07, 6.45) is 14.5. The molecule has 2 heterocycles. The standard InChI is InChI=1S/C24H30N2O6/c27-20-15-18-14-19(25-32-17-22(29)26-11-7-5-8-12-26)10-6-3-1-2-4-9-13-31-24(30)23(18)21(28)16-20/h2,4,6,10,14-16,25,27-28H,1,3,5,7-9,11-13,17H2/b4-2?,10-6?,19-14-. The van der Waals surface area contributed by atoms with Gasteiger partial charge in [0.15, 0.2) is 6.61 Å². The molecule has 1 aromatic carbocycles. The number of carbonyl (C=O) groups is 2. The lowest BCUT2D eigenvalue weighted by molar-refractivity contribution is -0.139. The average molecular weight is 443 g/mol. The van der Waals surface area contributed by atoms with Crippen LogP contribution < -0.4 is 5.48 Å². The third-order valence-corrected chi connectivity index (χ3v) is 5.22. The van der Waals surface area contributed by atoms with Gasteiger partial charge in [-0.1, -0.05) is 18.2 Å². The number of ether oxygens (including phenoxy) is 1. The molecule has 2 aliphatic heterocycles. The summed E-state index contributed by atoms with van der Waals surface area (Å²) in [5.74, 6) is -1.36. The van der Waals surface area contributed by atoms with E-state index in [9.17, 15) is 19.8 Å². The maximum Gasteiger partial charge on any atom is 0.342 e. The Bertz CT molecular complexity index is 900. The van der Waals surface area contributed by atoms with E-state index in [1.807, 2.05) is 18.2 Å². The van der Waals surface area contributed by atoms with E-state index in [0.717, 1.165) is 51.3 Å². The van der Waals surface area contributed by atoms with Crippen LogP contribution in [0.5, 0.6) is 11.5 Å². The van der Waals surface area contributed by atoms with Crippen LogP contribution in [0.2, 0.25) is 0 Å². The molecule has 0 bridgehead atoms. The van der Waals surface area contributed by atoms with Gasteiger partial charge in [0, 0.05) is 19.2 Å². The number of hydrogen-bond acceptors (Lipinski definition) is 7. The van der Waals surface area contributed by atoms with Gasteiger partial charge in [0.2, 0.25) is 0 Å². The highest BCUT2D eigenvalue weighted by atomic mass is 16.6. The van der Waals surface area contributed by atoms with Crippen molar-refractivity contribution in [2.75, 3.05) is 26.3 Å². The fourth-order valence-corrected chi connectivity index (χ4v) is 3.59. The highest BCUT2D eigenvalue weighted by molar-refractivity contribution is 5.97. The van der Waals surface area contributed by atoms with E-state index in [0.29, 0.717) is 12.1 Å². The molecule has 8 heteroatoms. The molecule has 0 aromatic heterocycles. The second kappa shape index (κ2) is 12.0. The Kier molecular flexibility index (Phi) is 8.74. The predicted octanol–water partition coefficient (Wildman–Crippen LogP) is 3.43. The number of aromatic hydroxyl groups is 2.